The van der Waals surface area contributed by atoms with Crippen LogP contribution < -0.4 is 15.5 Å². The summed E-state index contributed by atoms with van der Waals surface area (Å²) in [5.74, 6) is 0.324. The highest BCUT2D eigenvalue weighted by Crippen LogP contribution is 2.23. The van der Waals surface area contributed by atoms with Crippen LogP contribution in [0.15, 0.2) is 60.9 Å². The van der Waals surface area contributed by atoms with Crippen molar-refractivity contribution < 1.29 is 4.79 Å². The normalized spacial score (nSPS) is 13.3. The van der Waals surface area contributed by atoms with Crippen LogP contribution in [0.1, 0.15) is 35.8 Å². The highest BCUT2D eigenvalue weighted by atomic mass is 16.1. The molecule has 2 N–H and O–H groups in total. The van der Waals surface area contributed by atoms with Gasteiger partial charge < -0.3 is 15.5 Å². The number of benzene rings is 2. The number of carbonyl (C=O) groups is 1. The molecule has 3 aromatic rings. The second-order valence-electron chi connectivity index (χ2n) is 7.16. The summed E-state index contributed by atoms with van der Waals surface area (Å²) in [4.78, 5) is 23.3. The van der Waals surface area contributed by atoms with Crippen molar-refractivity contribution in [3.63, 3.8) is 0 Å². The molecule has 1 amide bonds. The molecule has 0 radical (unpaired) electrons. The first-order valence-corrected chi connectivity index (χ1v) is 10.1. The van der Waals surface area contributed by atoms with Crippen LogP contribution in [-0.2, 0) is 6.42 Å². The predicted octanol–water partition coefficient (Wildman–Crippen LogP) is 4.64. The van der Waals surface area contributed by atoms with E-state index in [0.29, 0.717) is 11.5 Å². The molecule has 1 aromatic heterocycles. The summed E-state index contributed by atoms with van der Waals surface area (Å²) in [7, 11) is 0. The van der Waals surface area contributed by atoms with E-state index in [4.69, 9.17) is 0 Å². The van der Waals surface area contributed by atoms with E-state index in [2.05, 4.69) is 44.6 Å². The molecule has 0 spiro atoms. The average Bonchev–Trinajstić information content (AvgIpc) is 3.30. The fourth-order valence-electron chi connectivity index (χ4n) is 3.45. The van der Waals surface area contributed by atoms with Crippen LogP contribution in [0.2, 0.25) is 0 Å². The number of hydrogen-bond acceptors (Lipinski definition) is 5. The van der Waals surface area contributed by atoms with Gasteiger partial charge in [0.2, 0.25) is 0 Å². The Balaban J connectivity index is 1.41. The van der Waals surface area contributed by atoms with Crippen LogP contribution in [0.4, 0.5) is 22.9 Å². The molecule has 2 heterocycles. The summed E-state index contributed by atoms with van der Waals surface area (Å²) < 4.78 is 0. The smallest absolute Gasteiger partial charge is 0.274 e. The molecule has 0 unspecified atom stereocenters. The minimum atomic E-state index is -0.260. The van der Waals surface area contributed by atoms with Crippen molar-refractivity contribution in [1.82, 2.24) is 9.97 Å². The van der Waals surface area contributed by atoms with Gasteiger partial charge in [0.15, 0.2) is 0 Å². The molecule has 0 atom stereocenters. The highest BCUT2D eigenvalue weighted by molar-refractivity contribution is 6.03. The summed E-state index contributed by atoms with van der Waals surface area (Å²) in [5.41, 5.74) is 4.46. The Morgan fingerprint density at radius 2 is 1.66 bits per heavy atom. The van der Waals surface area contributed by atoms with Crippen molar-refractivity contribution in [2.75, 3.05) is 28.6 Å². The third kappa shape index (κ3) is 4.71. The van der Waals surface area contributed by atoms with Crippen LogP contribution >= 0.6 is 0 Å². The topological polar surface area (TPSA) is 70.2 Å². The molecule has 0 aliphatic carbocycles. The summed E-state index contributed by atoms with van der Waals surface area (Å²) in [6.07, 6.45) is 4.88. The third-order valence-corrected chi connectivity index (χ3v) is 5.13. The van der Waals surface area contributed by atoms with Crippen molar-refractivity contribution in [2.24, 2.45) is 0 Å². The molecule has 1 saturated heterocycles. The Hall–Kier alpha value is -3.41. The second-order valence-corrected chi connectivity index (χ2v) is 7.16. The number of nitrogens with zero attached hydrogens (tertiary/aromatic N) is 3. The number of aryl methyl sites for hydroxylation is 1. The first-order chi connectivity index (χ1) is 14.2. The average molecular weight is 387 g/mol. The van der Waals surface area contributed by atoms with Crippen LogP contribution in [-0.4, -0.2) is 29.0 Å². The number of amides is 1. The minimum Gasteiger partial charge on any atom is -0.372 e. The Morgan fingerprint density at radius 3 is 2.34 bits per heavy atom. The van der Waals surface area contributed by atoms with Crippen LogP contribution in [0, 0.1) is 0 Å². The van der Waals surface area contributed by atoms with E-state index in [1.54, 1.807) is 6.07 Å². The van der Waals surface area contributed by atoms with E-state index < -0.39 is 0 Å². The van der Waals surface area contributed by atoms with Gasteiger partial charge in [-0.25, -0.2) is 9.97 Å². The van der Waals surface area contributed by atoms with E-state index in [-0.39, 0.29) is 5.91 Å². The van der Waals surface area contributed by atoms with E-state index in [0.717, 1.165) is 30.9 Å². The highest BCUT2D eigenvalue weighted by Gasteiger charge is 2.12. The van der Waals surface area contributed by atoms with E-state index in [9.17, 15) is 4.79 Å². The maximum atomic E-state index is 12.5. The monoisotopic (exact) mass is 387 g/mol. The third-order valence-electron chi connectivity index (χ3n) is 5.13. The Bertz CT molecular complexity index is 963. The van der Waals surface area contributed by atoms with E-state index in [1.807, 2.05) is 36.4 Å². The summed E-state index contributed by atoms with van der Waals surface area (Å²) in [5, 5.41) is 6.12. The lowest BCUT2D eigenvalue weighted by molar-refractivity contribution is 0.102. The molecule has 4 rings (SSSR count). The molecule has 0 saturated carbocycles. The Kier molecular flexibility index (Phi) is 5.70. The van der Waals surface area contributed by atoms with Crippen molar-refractivity contribution >= 4 is 28.8 Å². The molecule has 1 aliphatic heterocycles. The van der Waals surface area contributed by atoms with Gasteiger partial charge in [-0.1, -0.05) is 19.1 Å². The van der Waals surface area contributed by atoms with Crippen LogP contribution in [0.5, 0.6) is 0 Å². The lowest BCUT2D eigenvalue weighted by Gasteiger charge is -2.17. The molecule has 1 fully saturated rings. The fraction of sp³-hybridized carbons (Fsp3) is 0.261. The lowest BCUT2D eigenvalue weighted by Crippen LogP contribution is -2.17. The van der Waals surface area contributed by atoms with Gasteiger partial charge in [-0.3, -0.25) is 4.79 Å². The predicted molar refractivity (Wildman–Crippen MR) is 117 cm³/mol. The van der Waals surface area contributed by atoms with Gasteiger partial charge in [-0.2, -0.15) is 0 Å². The zero-order valence-electron chi connectivity index (χ0n) is 16.6. The standard InChI is InChI=1S/C23H25N5O/c1-2-17-5-7-19(8-6-17)27-23(29)21-15-22(25-16-24-21)26-18-9-11-20(12-10-18)28-13-3-4-14-28/h5-12,15-16H,2-4,13-14H2,1H3,(H,27,29)(H,24,25,26). The lowest BCUT2D eigenvalue weighted by atomic mass is 10.1. The van der Waals surface area contributed by atoms with E-state index in [1.165, 1.54) is 30.4 Å². The van der Waals surface area contributed by atoms with Gasteiger partial charge in [-0.15, -0.1) is 0 Å². The molecule has 6 nitrogen and oxygen atoms in total. The van der Waals surface area contributed by atoms with Crippen LogP contribution in [0.3, 0.4) is 0 Å². The van der Waals surface area contributed by atoms with Gasteiger partial charge >= 0.3 is 0 Å². The van der Waals surface area contributed by atoms with Gasteiger partial charge in [-0.05, 0) is 61.2 Å². The number of nitrogens with one attached hydrogen (secondary N) is 2. The van der Waals surface area contributed by atoms with Gasteiger partial charge in [0.05, 0.1) is 0 Å². The molecule has 29 heavy (non-hydrogen) atoms. The number of hydrogen-bond donors (Lipinski definition) is 2. The summed E-state index contributed by atoms with van der Waals surface area (Å²) in [6, 6.07) is 17.8. The van der Waals surface area contributed by atoms with Crippen molar-refractivity contribution in [1.29, 1.82) is 0 Å². The Labute approximate surface area is 171 Å². The number of anilines is 4. The zero-order chi connectivity index (χ0) is 20.1. The SMILES string of the molecule is CCc1ccc(NC(=O)c2cc(Nc3ccc(N4CCCC4)cc3)ncn2)cc1. The largest absolute Gasteiger partial charge is 0.372 e. The number of aromatic nitrogens is 2. The molecule has 1 aliphatic rings. The van der Waals surface area contributed by atoms with Crippen molar-refractivity contribution in [2.45, 2.75) is 26.2 Å². The summed E-state index contributed by atoms with van der Waals surface area (Å²) >= 11 is 0. The van der Waals surface area contributed by atoms with E-state index >= 15 is 0 Å². The summed E-state index contributed by atoms with van der Waals surface area (Å²) in [6.45, 7) is 4.35. The molecular weight excluding hydrogens is 362 g/mol. The van der Waals surface area contributed by atoms with Gasteiger partial charge in [0, 0.05) is 36.2 Å². The Morgan fingerprint density at radius 1 is 0.966 bits per heavy atom. The van der Waals surface area contributed by atoms with Crippen molar-refractivity contribution in [3.05, 3.63) is 72.2 Å². The molecule has 0 bridgehead atoms. The minimum absolute atomic E-state index is 0.260. The maximum absolute atomic E-state index is 12.5. The quantitative estimate of drug-likeness (QED) is 0.645. The first kappa shape index (κ1) is 18.9. The van der Waals surface area contributed by atoms with Crippen LogP contribution in [0.25, 0.3) is 0 Å². The molecule has 2 aromatic carbocycles. The fourth-order valence-corrected chi connectivity index (χ4v) is 3.45. The maximum Gasteiger partial charge on any atom is 0.274 e. The van der Waals surface area contributed by atoms with Gasteiger partial charge in [0.25, 0.3) is 5.91 Å². The zero-order valence-corrected chi connectivity index (χ0v) is 16.6. The van der Waals surface area contributed by atoms with Crippen molar-refractivity contribution in [3.8, 4) is 0 Å². The molecular formula is C23H25N5O. The molecule has 148 valence electrons. The first-order valence-electron chi connectivity index (χ1n) is 10.1. The number of rotatable bonds is 6. The van der Waals surface area contributed by atoms with Gasteiger partial charge in [0.1, 0.15) is 17.8 Å². The molecule has 6 heteroatoms. The number of carbonyl (C=O) groups excluding carboxylic acids is 1. The second kappa shape index (κ2) is 8.73.